The van der Waals surface area contributed by atoms with Gasteiger partial charge in [0.1, 0.15) is 11.9 Å². The number of nitrogens with zero attached hydrogens (tertiary/aromatic N) is 3. The van der Waals surface area contributed by atoms with Crippen LogP contribution in [-0.2, 0) is 9.53 Å². The van der Waals surface area contributed by atoms with E-state index in [1.54, 1.807) is 7.11 Å². The van der Waals surface area contributed by atoms with Crippen LogP contribution in [0.25, 0.3) is 11.1 Å². The van der Waals surface area contributed by atoms with Crippen LogP contribution in [0.1, 0.15) is 38.0 Å². The Bertz CT molecular complexity index is 863. The third-order valence-corrected chi connectivity index (χ3v) is 6.56. The first kappa shape index (κ1) is 21.8. The Balaban J connectivity index is 1.35. The van der Waals surface area contributed by atoms with Gasteiger partial charge in [0.15, 0.2) is 0 Å². The maximum atomic E-state index is 12.9. The average Bonchev–Trinajstić information content (AvgIpc) is 2.84. The summed E-state index contributed by atoms with van der Waals surface area (Å²) in [6.45, 7) is 7.35. The van der Waals surface area contributed by atoms with E-state index in [9.17, 15) is 4.79 Å². The Hall–Kier alpha value is -2.44. The summed E-state index contributed by atoms with van der Waals surface area (Å²) in [5.74, 6) is 1.60. The second-order valence-electron chi connectivity index (χ2n) is 8.48. The summed E-state index contributed by atoms with van der Waals surface area (Å²) < 4.78 is 11.3. The lowest BCUT2D eigenvalue weighted by molar-refractivity contribution is -0.140. The zero-order chi connectivity index (χ0) is 21.6. The number of aromatic nitrogens is 1. The molecule has 1 aromatic carbocycles. The van der Waals surface area contributed by atoms with E-state index in [0.717, 1.165) is 55.0 Å². The molecular formula is C25H33N3O3. The van der Waals surface area contributed by atoms with E-state index >= 15 is 0 Å². The molecule has 0 radical (unpaired) electrons. The SMILES string of the molecule is CCN1CCC(CC(=O)N2CCOC(c3ccc(-c4cccc(OC)c4)cn3)C2)CC1. The largest absolute Gasteiger partial charge is 0.497 e. The summed E-state index contributed by atoms with van der Waals surface area (Å²) in [5, 5.41) is 0. The molecule has 166 valence electrons. The van der Waals surface area contributed by atoms with Crippen LogP contribution < -0.4 is 4.74 Å². The third-order valence-electron chi connectivity index (χ3n) is 6.56. The second kappa shape index (κ2) is 10.2. The Morgan fingerprint density at radius 2 is 2.00 bits per heavy atom. The molecule has 2 fully saturated rings. The Labute approximate surface area is 185 Å². The third kappa shape index (κ3) is 5.43. The van der Waals surface area contributed by atoms with Crippen molar-refractivity contribution in [3.05, 3.63) is 48.3 Å². The molecule has 6 nitrogen and oxygen atoms in total. The molecule has 1 unspecified atom stereocenters. The van der Waals surface area contributed by atoms with E-state index in [-0.39, 0.29) is 12.0 Å². The number of methoxy groups -OCH3 is 1. The molecule has 6 heteroatoms. The van der Waals surface area contributed by atoms with Crippen LogP contribution in [0.3, 0.4) is 0 Å². The van der Waals surface area contributed by atoms with E-state index in [4.69, 9.17) is 9.47 Å². The zero-order valence-electron chi connectivity index (χ0n) is 18.6. The van der Waals surface area contributed by atoms with E-state index in [1.807, 2.05) is 41.4 Å². The number of piperidine rings is 1. The maximum absolute atomic E-state index is 12.9. The van der Waals surface area contributed by atoms with Gasteiger partial charge in [0.05, 0.1) is 26.0 Å². The number of carbonyl (C=O) groups excluding carboxylic acids is 1. The fraction of sp³-hybridized carbons (Fsp3) is 0.520. The fourth-order valence-electron chi connectivity index (χ4n) is 4.51. The second-order valence-corrected chi connectivity index (χ2v) is 8.48. The Kier molecular flexibility index (Phi) is 7.20. The number of benzene rings is 1. The molecular weight excluding hydrogens is 390 g/mol. The normalized spacial score (nSPS) is 20.6. The highest BCUT2D eigenvalue weighted by molar-refractivity contribution is 5.76. The first-order valence-electron chi connectivity index (χ1n) is 11.4. The molecule has 0 N–H and O–H groups in total. The average molecular weight is 424 g/mol. The lowest BCUT2D eigenvalue weighted by Gasteiger charge is -2.35. The van der Waals surface area contributed by atoms with Gasteiger partial charge in [0.25, 0.3) is 0 Å². The van der Waals surface area contributed by atoms with Gasteiger partial charge in [-0.05, 0) is 62.2 Å². The highest BCUT2D eigenvalue weighted by atomic mass is 16.5. The molecule has 2 aliphatic heterocycles. The number of likely N-dealkylation sites (tertiary alicyclic amines) is 1. The standard InChI is InChI=1S/C25H33N3O3/c1-3-27-11-9-19(10-12-27)15-25(29)28-13-14-31-24(18-28)23-8-7-21(17-26-23)20-5-4-6-22(16-20)30-2/h4-8,16-17,19,24H,3,9-15,18H2,1-2H3. The first-order chi connectivity index (χ1) is 15.2. The quantitative estimate of drug-likeness (QED) is 0.708. The van der Waals surface area contributed by atoms with Crippen LogP contribution in [0.4, 0.5) is 0 Å². The maximum Gasteiger partial charge on any atom is 0.223 e. The minimum Gasteiger partial charge on any atom is -0.497 e. The van der Waals surface area contributed by atoms with Crippen molar-refractivity contribution in [2.45, 2.75) is 32.3 Å². The molecule has 3 heterocycles. The van der Waals surface area contributed by atoms with Crippen LogP contribution in [0, 0.1) is 5.92 Å². The number of pyridine rings is 1. The van der Waals surface area contributed by atoms with Gasteiger partial charge in [-0.15, -0.1) is 0 Å². The lowest BCUT2D eigenvalue weighted by Crippen LogP contribution is -2.43. The van der Waals surface area contributed by atoms with Gasteiger partial charge in [0, 0.05) is 24.7 Å². The summed E-state index contributed by atoms with van der Waals surface area (Å²) in [4.78, 5) is 22.0. The summed E-state index contributed by atoms with van der Waals surface area (Å²) in [6.07, 6.45) is 4.61. The van der Waals surface area contributed by atoms with Gasteiger partial charge in [0.2, 0.25) is 5.91 Å². The van der Waals surface area contributed by atoms with E-state index in [2.05, 4.69) is 22.9 Å². The van der Waals surface area contributed by atoms with Crippen LogP contribution in [0.5, 0.6) is 5.75 Å². The molecule has 2 aromatic rings. The van der Waals surface area contributed by atoms with Gasteiger partial charge < -0.3 is 19.3 Å². The highest BCUT2D eigenvalue weighted by Crippen LogP contribution is 2.27. The molecule has 0 bridgehead atoms. The van der Waals surface area contributed by atoms with Crippen LogP contribution in [-0.4, -0.2) is 67.1 Å². The topological polar surface area (TPSA) is 54.9 Å². The molecule has 31 heavy (non-hydrogen) atoms. The van der Waals surface area contributed by atoms with Crippen molar-refractivity contribution in [2.75, 3.05) is 46.4 Å². The van der Waals surface area contributed by atoms with Crippen molar-refractivity contribution in [1.29, 1.82) is 0 Å². The summed E-state index contributed by atoms with van der Waals surface area (Å²) in [6, 6.07) is 12.0. The van der Waals surface area contributed by atoms with Crippen molar-refractivity contribution in [2.24, 2.45) is 5.92 Å². The number of hydrogen-bond donors (Lipinski definition) is 0. The van der Waals surface area contributed by atoms with Gasteiger partial charge in [-0.3, -0.25) is 9.78 Å². The Morgan fingerprint density at radius 1 is 1.16 bits per heavy atom. The van der Waals surface area contributed by atoms with Crippen molar-refractivity contribution < 1.29 is 14.3 Å². The minimum absolute atomic E-state index is 0.168. The molecule has 2 aliphatic rings. The minimum atomic E-state index is -0.168. The molecule has 0 saturated carbocycles. The van der Waals surface area contributed by atoms with Gasteiger partial charge in [-0.25, -0.2) is 0 Å². The Morgan fingerprint density at radius 3 is 2.71 bits per heavy atom. The monoisotopic (exact) mass is 423 g/mol. The van der Waals surface area contributed by atoms with Crippen molar-refractivity contribution in [1.82, 2.24) is 14.8 Å². The zero-order valence-corrected chi connectivity index (χ0v) is 18.6. The number of hydrogen-bond acceptors (Lipinski definition) is 5. The lowest BCUT2D eigenvalue weighted by atomic mass is 9.93. The van der Waals surface area contributed by atoms with Gasteiger partial charge >= 0.3 is 0 Å². The number of amides is 1. The van der Waals surface area contributed by atoms with Gasteiger partial charge in [-0.1, -0.05) is 25.1 Å². The molecule has 1 amide bonds. The van der Waals surface area contributed by atoms with Crippen LogP contribution in [0.15, 0.2) is 42.6 Å². The number of ether oxygens (including phenoxy) is 2. The predicted octanol–water partition coefficient (Wildman–Crippen LogP) is 3.78. The first-order valence-corrected chi connectivity index (χ1v) is 11.4. The van der Waals surface area contributed by atoms with Crippen molar-refractivity contribution in [3.63, 3.8) is 0 Å². The highest BCUT2D eigenvalue weighted by Gasteiger charge is 2.28. The van der Waals surface area contributed by atoms with E-state index in [0.29, 0.717) is 32.0 Å². The number of morpholine rings is 1. The molecule has 0 aliphatic carbocycles. The van der Waals surface area contributed by atoms with E-state index in [1.165, 1.54) is 0 Å². The molecule has 2 saturated heterocycles. The molecule has 0 spiro atoms. The smallest absolute Gasteiger partial charge is 0.223 e. The van der Waals surface area contributed by atoms with Crippen LogP contribution in [0.2, 0.25) is 0 Å². The van der Waals surface area contributed by atoms with Crippen molar-refractivity contribution >= 4 is 5.91 Å². The fourth-order valence-corrected chi connectivity index (χ4v) is 4.51. The molecule has 1 aromatic heterocycles. The summed E-state index contributed by atoms with van der Waals surface area (Å²) >= 11 is 0. The summed E-state index contributed by atoms with van der Waals surface area (Å²) in [7, 11) is 1.67. The van der Waals surface area contributed by atoms with Gasteiger partial charge in [-0.2, -0.15) is 0 Å². The molecule has 4 rings (SSSR count). The number of rotatable bonds is 6. The summed E-state index contributed by atoms with van der Waals surface area (Å²) in [5.41, 5.74) is 2.97. The predicted molar refractivity (Wildman–Crippen MR) is 121 cm³/mol. The molecule has 1 atom stereocenters. The number of carbonyl (C=O) groups is 1. The van der Waals surface area contributed by atoms with Crippen molar-refractivity contribution in [3.8, 4) is 16.9 Å². The van der Waals surface area contributed by atoms with Crippen LogP contribution >= 0.6 is 0 Å². The van der Waals surface area contributed by atoms with E-state index < -0.39 is 0 Å².